The van der Waals surface area contributed by atoms with E-state index in [0.717, 1.165) is 5.75 Å². The Morgan fingerprint density at radius 2 is 1.62 bits per heavy atom. The topological polar surface area (TPSA) is 9.23 Å². The molecule has 0 fully saturated rings. The summed E-state index contributed by atoms with van der Waals surface area (Å²) in [5.41, 5.74) is 3.76. The molecule has 0 heterocycles. The highest BCUT2D eigenvalue weighted by Crippen LogP contribution is 2.17. The second kappa shape index (κ2) is 4.84. The van der Waals surface area contributed by atoms with E-state index in [-0.39, 0.29) is 0 Å². The summed E-state index contributed by atoms with van der Waals surface area (Å²) in [4.78, 5) is 0. The van der Waals surface area contributed by atoms with Crippen LogP contribution in [-0.4, -0.2) is 0 Å². The lowest BCUT2D eigenvalue weighted by atomic mass is 10.1. The smallest absolute Gasteiger partial charge is 0.120 e. The molecule has 1 heteroatoms. The standard InChI is InChI=1S/C15H16O/c1-12-8-9-15(10-13(12)2)16-11-14-6-4-3-5-7-14/h3-10H,11H2,1-2H3. The quantitative estimate of drug-likeness (QED) is 0.750. The minimum absolute atomic E-state index is 0.628. The third kappa shape index (κ3) is 2.63. The van der Waals surface area contributed by atoms with E-state index in [2.05, 4.69) is 38.1 Å². The van der Waals surface area contributed by atoms with Gasteiger partial charge in [-0.1, -0.05) is 36.4 Å². The molecule has 16 heavy (non-hydrogen) atoms. The first-order valence-electron chi connectivity index (χ1n) is 5.50. The van der Waals surface area contributed by atoms with E-state index in [1.165, 1.54) is 16.7 Å². The largest absolute Gasteiger partial charge is 0.489 e. The highest BCUT2D eigenvalue weighted by atomic mass is 16.5. The van der Waals surface area contributed by atoms with Crippen LogP contribution in [0.25, 0.3) is 0 Å². The second-order valence-corrected chi connectivity index (χ2v) is 4.02. The highest BCUT2D eigenvalue weighted by molar-refractivity contribution is 5.34. The van der Waals surface area contributed by atoms with Crippen LogP contribution >= 0.6 is 0 Å². The lowest BCUT2D eigenvalue weighted by Crippen LogP contribution is -1.95. The predicted molar refractivity (Wildman–Crippen MR) is 66.7 cm³/mol. The van der Waals surface area contributed by atoms with Gasteiger partial charge < -0.3 is 4.74 Å². The van der Waals surface area contributed by atoms with Crippen LogP contribution in [-0.2, 0) is 6.61 Å². The van der Waals surface area contributed by atoms with Gasteiger partial charge in [-0.25, -0.2) is 0 Å². The summed E-state index contributed by atoms with van der Waals surface area (Å²) < 4.78 is 5.73. The maximum absolute atomic E-state index is 5.73. The van der Waals surface area contributed by atoms with E-state index in [9.17, 15) is 0 Å². The van der Waals surface area contributed by atoms with Crippen LogP contribution in [0, 0.1) is 13.8 Å². The molecule has 82 valence electrons. The first kappa shape index (κ1) is 10.7. The lowest BCUT2D eigenvalue weighted by molar-refractivity contribution is 0.306. The molecule has 2 aromatic rings. The Labute approximate surface area is 96.7 Å². The fourth-order valence-electron chi connectivity index (χ4n) is 1.54. The number of aryl methyl sites for hydroxylation is 2. The molecular weight excluding hydrogens is 196 g/mol. The van der Waals surface area contributed by atoms with Crippen molar-refractivity contribution in [3.8, 4) is 5.75 Å². The SMILES string of the molecule is Cc1ccc(OCc2ccccc2)cc1C. The lowest BCUT2D eigenvalue weighted by Gasteiger charge is -2.08. The Morgan fingerprint density at radius 1 is 0.875 bits per heavy atom. The van der Waals surface area contributed by atoms with E-state index in [1.54, 1.807) is 0 Å². The van der Waals surface area contributed by atoms with Gasteiger partial charge in [0, 0.05) is 0 Å². The van der Waals surface area contributed by atoms with E-state index in [4.69, 9.17) is 4.74 Å². The maximum Gasteiger partial charge on any atom is 0.120 e. The minimum atomic E-state index is 0.628. The number of benzene rings is 2. The average Bonchev–Trinajstić information content (AvgIpc) is 2.32. The molecule has 2 rings (SSSR count). The second-order valence-electron chi connectivity index (χ2n) is 4.02. The van der Waals surface area contributed by atoms with Gasteiger partial charge in [0.15, 0.2) is 0 Å². The summed E-state index contributed by atoms with van der Waals surface area (Å²) in [6, 6.07) is 16.4. The van der Waals surface area contributed by atoms with Crippen LogP contribution in [0.1, 0.15) is 16.7 Å². The van der Waals surface area contributed by atoms with Crippen molar-refractivity contribution in [2.45, 2.75) is 20.5 Å². The molecule has 0 bridgehead atoms. The molecule has 2 aromatic carbocycles. The van der Waals surface area contributed by atoms with E-state index >= 15 is 0 Å². The summed E-state index contributed by atoms with van der Waals surface area (Å²) >= 11 is 0. The fourth-order valence-corrected chi connectivity index (χ4v) is 1.54. The summed E-state index contributed by atoms with van der Waals surface area (Å²) in [6.45, 7) is 4.84. The molecule has 0 aliphatic rings. The zero-order valence-electron chi connectivity index (χ0n) is 9.73. The van der Waals surface area contributed by atoms with Crippen molar-refractivity contribution in [1.29, 1.82) is 0 Å². The van der Waals surface area contributed by atoms with Crippen LogP contribution in [0.5, 0.6) is 5.75 Å². The molecule has 0 N–H and O–H groups in total. The van der Waals surface area contributed by atoms with Crippen molar-refractivity contribution in [2.24, 2.45) is 0 Å². The van der Waals surface area contributed by atoms with E-state index < -0.39 is 0 Å². The van der Waals surface area contributed by atoms with Crippen molar-refractivity contribution in [3.63, 3.8) is 0 Å². The molecule has 0 aliphatic carbocycles. The number of ether oxygens (including phenoxy) is 1. The van der Waals surface area contributed by atoms with Gasteiger partial charge in [0.25, 0.3) is 0 Å². The number of hydrogen-bond donors (Lipinski definition) is 0. The predicted octanol–water partition coefficient (Wildman–Crippen LogP) is 3.88. The van der Waals surface area contributed by atoms with Gasteiger partial charge >= 0.3 is 0 Å². The molecule has 0 aromatic heterocycles. The maximum atomic E-state index is 5.73. The Bertz CT molecular complexity index is 460. The fraction of sp³-hybridized carbons (Fsp3) is 0.200. The molecule has 1 nitrogen and oxygen atoms in total. The van der Waals surface area contributed by atoms with Gasteiger partial charge in [0.2, 0.25) is 0 Å². The first-order valence-corrected chi connectivity index (χ1v) is 5.50. The van der Waals surface area contributed by atoms with E-state index in [1.807, 2.05) is 24.3 Å². The van der Waals surface area contributed by atoms with Gasteiger partial charge in [0.05, 0.1) is 0 Å². The van der Waals surface area contributed by atoms with Crippen LogP contribution in [0.4, 0.5) is 0 Å². The molecule has 0 radical (unpaired) electrons. The molecule has 0 atom stereocenters. The Kier molecular flexibility index (Phi) is 3.25. The van der Waals surface area contributed by atoms with Crippen LogP contribution in [0.3, 0.4) is 0 Å². The highest BCUT2D eigenvalue weighted by Gasteiger charge is 1.97. The van der Waals surface area contributed by atoms with Crippen molar-refractivity contribution < 1.29 is 4.74 Å². The summed E-state index contributed by atoms with van der Waals surface area (Å²) in [7, 11) is 0. The van der Waals surface area contributed by atoms with Gasteiger partial charge in [-0.2, -0.15) is 0 Å². The first-order chi connectivity index (χ1) is 7.75. The van der Waals surface area contributed by atoms with Crippen molar-refractivity contribution >= 4 is 0 Å². The van der Waals surface area contributed by atoms with Crippen LogP contribution in [0.2, 0.25) is 0 Å². The van der Waals surface area contributed by atoms with Crippen molar-refractivity contribution in [2.75, 3.05) is 0 Å². The molecule has 0 spiro atoms. The van der Waals surface area contributed by atoms with E-state index in [0.29, 0.717) is 6.61 Å². The number of rotatable bonds is 3. The van der Waals surface area contributed by atoms with Crippen molar-refractivity contribution in [1.82, 2.24) is 0 Å². The Morgan fingerprint density at radius 3 is 2.31 bits per heavy atom. The molecule has 0 amide bonds. The van der Waals surface area contributed by atoms with Crippen LogP contribution < -0.4 is 4.74 Å². The normalized spacial score (nSPS) is 10.1. The third-order valence-corrected chi connectivity index (χ3v) is 2.73. The third-order valence-electron chi connectivity index (χ3n) is 2.73. The zero-order valence-corrected chi connectivity index (χ0v) is 9.73. The summed E-state index contributed by atoms with van der Waals surface area (Å²) in [5, 5.41) is 0. The van der Waals surface area contributed by atoms with Crippen molar-refractivity contribution in [3.05, 3.63) is 65.2 Å². The van der Waals surface area contributed by atoms with Gasteiger partial charge in [-0.3, -0.25) is 0 Å². The number of hydrogen-bond acceptors (Lipinski definition) is 1. The molecular formula is C15H16O. The molecule has 0 aliphatic heterocycles. The summed E-state index contributed by atoms with van der Waals surface area (Å²) in [6.07, 6.45) is 0. The van der Waals surface area contributed by atoms with Gasteiger partial charge in [-0.05, 0) is 42.7 Å². The molecule has 0 saturated carbocycles. The van der Waals surface area contributed by atoms with Gasteiger partial charge in [-0.15, -0.1) is 0 Å². The molecule has 0 unspecified atom stereocenters. The average molecular weight is 212 g/mol. The monoisotopic (exact) mass is 212 g/mol. The minimum Gasteiger partial charge on any atom is -0.489 e. The van der Waals surface area contributed by atoms with Gasteiger partial charge in [0.1, 0.15) is 12.4 Å². The van der Waals surface area contributed by atoms with Crippen LogP contribution in [0.15, 0.2) is 48.5 Å². The Balaban J connectivity index is 2.03. The molecule has 0 saturated heterocycles. The summed E-state index contributed by atoms with van der Waals surface area (Å²) in [5.74, 6) is 0.937. The Hall–Kier alpha value is -1.76. The zero-order chi connectivity index (χ0) is 11.4.